The van der Waals surface area contributed by atoms with Crippen molar-refractivity contribution in [1.82, 2.24) is 4.90 Å². The Morgan fingerprint density at radius 1 is 1.08 bits per heavy atom. The average Bonchev–Trinajstić information content (AvgIpc) is 2.65. The van der Waals surface area contributed by atoms with E-state index >= 15 is 0 Å². The molecule has 2 aromatic carbocycles. The van der Waals surface area contributed by atoms with Gasteiger partial charge in [-0.3, -0.25) is 4.79 Å². The molecule has 0 heterocycles. The molecule has 0 aromatic heterocycles. The van der Waals surface area contributed by atoms with Crippen LogP contribution in [0.15, 0.2) is 53.4 Å². The maximum Gasteiger partial charge on any atom is 0.253 e. The third kappa shape index (κ3) is 4.60. The fourth-order valence-electron chi connectivity index (χ4n) is 2.49. The summed E-state index contributed by atoms with van der Waals surface area (Å²) in [5, 5.41) is 0. The van der Waals surface area contributed by atoms with Crippen molar-refractivity contribution in [3.05, 3.63) is 59.7 Å². The maximum absolute atomic E-state index is 12.5. The molecule has 0 N–H and O–H groups in total. The van der Waals surface area contributed by atoms with E-state index in [9.17, 15) is 13.2 Å². The monoisotopic (exact) mass is 361 g/mol. The molecular weight excluding hydrogens is 338 g/mol. The molecule has 0 unspecified atom stereocenters. The lowest BCUT2D eigenvalue weighted by molar-refractivity contribution is 0.0796. The number of methoxy groups -OCH3 is 1. The number of amides is 1. The summed E-state index contributed by atoms with van der Waals surface area (Å²) in [5.41, 5.74) is 1.51. The summed E-state index contributed by atoms with van der Waals surface area (Å²) >= 11 is 0. The van der Waals surface area contributed by atoms with Gasteiger partial charge in [0.05, 0.1) is 17.8 Å². The third-order valence-corrected chi connectivity index (χ3v) is 5.85. The number of carbonyl (C=O) groups excluding carboxylic acids is 1. The number of rotatable bonds is 7. The molecule has 0 saturated carbocycles. The predicted octanol–water partition coefficient (Wildman–Crippen LogP) is 2.80. The van der Waals surface area contributed by atoms with Crippen LogP contribution in [0.3, 0.4) is 0 Å². The van der Waals surface area contributed by atoms with Crippen LogP contribution in [0.2, 0.25) is 0 Å². The second-order valence-corrected chi connectivity index (χ2v) is 7.99. The van der Waals surface area contributed by atoms with Crippen molar-refractivity contribution in [3.63, 3.8) is 0 Å². The maximum atomic E-state index is 12.5. The highest BCUT2D eigenvalue weighted by Crippen LogP contribution is 2.18. The molecule has 134 valence electrons. The van der Waals surface area contributed by atoms with Crippen LogP contribution in [0.1, 0.15) is 22.8 Å². The first-order chi connectivity index (χ1) is 11.9. The van der Waals surface area contributed by atoms with Crippen LogP contribution in [0, 0.1) is 0 Å². The number of sulfone groups is 1. The predicted molar refractivity (Wildman–Crippen MR) is 97.8 cm³/mol. The number of likely N-dealkylation sites (N-methyl/N-ethyl adjacent to an activating group) is 1. The summed E-state index contributed by atoms with van der Waals surface area (Å²) in [5.74, 6) is 0.701. The summed E-state index contributed by atoms with van der Waals surface area (Å²) in [6, 6.07) is 13.8. The van der Waals surface area contributed by atoms with Crippen LogP contribution in [-0.4, -0.2) is 45.7 Å². The Morgan fingerprint density at radius 3 is 2.32 bits per heavy atom. The number of benzene rings is 2. The van der Waals surface area contributed by atoms with E-state index in [1.165, 1.54) is 12.1 Å². The number of carbonyl (C=O) groups is 1. The van der Waals surface area contributed by atoms with Gasteiger partial charge in [0.15, 0.2) is 9.84 Å². The Balaban J connectivity index is 2.05. The second kappa shape index (κ2) is 8.16. The van der Waals surface area contributed by atoms with Crippen LogP contribution >= 0.6 is 0 Å². The van der Waals surface area contributed by atoms with Crippen molar-refractivity contribution in [2.24, 2.45) is 0 Å². The van der Waals surface area contributed by atoms with Crippen LogP contribution in [0.4, 0.5) is 0 Å². The lowest BCUT2D eigenvalue weighted by Crippen LogP contribution is -2.28. The highest BCUT2D eigenvalue weighted by molar-refractivity contribution is 7.91. The third-order valence-electron chi connectivity index (χ3n) is 4.10. The Morgan fingerprint density at radius 2 is 1.72 bits per heavy atom. The Bertz CT molecular complexity index is 829. The van der Waals surface area contributed by atoms with E-state index in [0.717, 1.165) is 11.3 Å². The quantitative estimate of drug-likeness (QED) is 0.761. The highest BCUT2D eigenvalue weighted by Gasteiger charge is 2.15. The molecule has 0 fully saturated rings. The lowest BCUT2D eigenvalue weighted by Gasteiger charge is -2.18. The van der Waals surface area contributed by atoms with E-state index in [-0.39, 0.29) is 16.6 Å². The molecular formula is C19H23NO4S. The van der Waals surface area contributed by atoms with Crippen molar-refractivity contribution in [1.29, 1.82) is 0 Å². The van der Waals surface area contributed by atoms with Gasteiger partial charge in [0.2, 0.25) is 0 Å². The molecule has 0 bridgehead atoms. The van der Waals surface area contributed by atoms with E-state index in [2.05, 4.69) is 0 Å². The van der Waals surface area contributed by atoms with Crippen LogP contribution in [0.5, 0.6) is 5.75 Å². The normalized spacial score (nSPS) is 11.2. The Kier molecular flexibility index (Phi) is 6.20. The van der Waals surface area contributed by atoms with Gasteiger partial charge in [-0.05, 0) is 42.3 Å². The summed E-state index contributed by atoms with van der Waals surface area (Å²) in [6.07, 6.45) is 0.675. The van der Waals surface area contributed by atoms with Crippen LogP contribution in [0.25, 0.3) is 0 Å². The van der Waals surface area contributed by atoms with Gasteiger partial charge < -0.3 is 9.64 Å². The van der Waals surface area contributed by atoms with Crippen LogP contribution in [-0.2, 0) is 16.3 Å². The van der Waals surface area contributed by atoms with Gasteiger partial charge in [-0.1, -0.05) is 25.1 Å². The molecule has 0 aliphatic carbocycles. The van der Waals surface area contributed by atoms with Crippen molar-refractivity contribution in [3.8, 4) is 5.75 Å². The largest absolute Gasteiger partial charge is 0.496 e. The summed E-state index contributed by atoms with van der Waals surface area (Å²) in [4.78, 5) is 14.4. The van der Waals surface area contributed by atoms with Crippen molar-refractivity contribution in [2.75, 3.05) is 26.5 Å². The molecule has 0 aliphatic heterocycles. The van der Waals surface area contributed by atoms with E-state index < -0.39 is 9.84 Å². The fraction of sp³-hybridized carbons (Fsp3) is 0.316. The fourth-order valence-corrected chi connectivity index (χ4v) is 3.38. The topological polar surface area (TPSA) is 63.7 Å². The average molecular weight is 361 g/mol. The van der Waals surface area contributed by atoms with Gasteiger partial charge in [-0.25, -0.2) is 8.42 Å². The zero-order valence-corrected chi connectivity index (χ0v) is 15.5. The van der Waals surface area contributed by atoms with Crippen LogP contribution < -0.4 is 4.74 Å². The van der Waals surface area contributed by atoms with Gasteiger partial charge in [-0.2, -0.15) is 0 Å². The standard InChI is InChI=1S/C19H23NO4S/c1-4-25(22,23)17-11-9-16(10-12-17)19(21)20(2)14-13-15-7-5-6-8-18(15)24-3/h5-12H,4,13-14H2,1-3H3. The summed E-state index contributed by atoms with van der Waals surface area (Å²) < 4.78 is 29.0. The van der Waals surface area contributed by atoms with Crippen molar-refractivity contribution in [2.45, 2.75) is 18.2 Å². The van der Waals surface area contributed by atoms with Gasteiger partial charge in [-0.15, -0.1) is 0 Å². The molecule has 6 heteroatoms. The first-order valence-electron chi connectivity index (χ1n) is 8.09. The van der Waals surface area contributed by atoms with Crippen molar-refractivity contribution >= 4 is 15.7 Å². The lowest BCUT2D eigenvalue weighted by atomic mass is 10.1. The minimum absolute atomic E-state index is 0.0408. The van der Waals surface area contributed by atoms with Crippen molar-refractivity contribution < 1.29 is 17.9 Å². The minimum atomic E-state index is -3.25. The summed E-state index contributed by atoms with van der Waals surface area (Å²) in [7, 11) is 0.102. The molecule has 2 aromatic rings. The van der Waals surface area contributed by atoms with Gasteiger partial charge in [0, 0.05) is 19.2 Å². The van der Waals surface area contributed by atoms with E-state index in [1.54, 1.807) is 38.1 Å². The number of para-hydroxylation sites is 1. The Labute approximate surface area is 149 Å². The molecule has 0 saturated heterocycles. The van der Waals surface area contributed by atoms with Gasteiger partial charge >= 0.3 is 0 Å². The smallest absolute Gasteiger partial charge is 0.253 e. The molecule has 0 radical (unpaired) electrons. The van der Waals surface area contributed by atoms with E-state index in [0.29, 0.717) is 18.5 Å². The number of hydrogen-bond donors (Lipinski definition) is 0. The molecule has 0 atom stereocenters. The second-order valence-electron chi connectivity index (χ2n) is 5.72. The minimum Gasteiger partial charge on any atom is -0.496 e. The number of hydrogen-bond acceptors (Lipinski definition) is 4. The first-order valence-corrected chi connectivity index (χ1v) is 9.74. The first kappa shape index (κ1) is 19.0. The SMILES string of the molecule is CCS(=O)(=O)c1ccc(C(=O)N(C)CCc2ccccc2OC)cc1. The Hall–Kier alpha value is -2.34. The van der Waals surface area contributed by atoms with E-state index in [4.69, 9.17) is 4.74 Å². The van der Waals surface area contributed by atoms with Gasteiger partial charge in [0.25, 0.3) is 5.91 Å². The zero-order chi connectivity index (χ0) is 18.4. The van der Waals surface area contributed by atoms with E-state index in [1.807, 2.05) is 24.3 Å². The molecule has 25 heavy (non-hydrogen) atoms. The van der Waals surface area contributed by atoms with Gasteiger partial charge in [0.1, 0.15) is 5.75 Å². The molecule has 2 rings (SSSR count). The zero-order valence-electron chi connectivity index (χ0n) is 14.7. The highest BCUT2D eigenvalue weighted by atomic mass is 32.2. The number of ether oxygens (including phenoxy) is 1. The molecule has 0 aliphatic rings. The molecule has 5 nitrogen and oxygen atoms in total. The number of nitrogens with zero attached hydrogens (tertiary/aromatic N) is 1. The molecule has 1 amide bonds. The summed E-state index contributed by atoms with van der Waals surface area (Å²) in [6.45, 7) is 2.13. The molecule has 0 spiro atoms.